The normalized spacial score (nSPS) is 17.5. The summed E-state index contributed by atoms with van der Waals surface area (Å²) in [6.45, 7) is 2.42. The number of benzene rings is 1. The van der Waals surface area contributed by atoms with Crippen LogP contribution in [0, 0.1) is 5.82 Å². The van der Waals surface area contributed by atoms with Gasteiger partial charge in [0.25, 0.3) is 6.43 Å². The molecule has 2 heterocycles. The van der Waals surface area contributed by atoms with Crippen LogP contribution in [-0.2, 0) is 11.3 Å². The molecule has 1 aromatic carbocycles. The molecular formula is C16H14F3N3O2. The van der Waals surface area contributed by atoms with Gasteiger partial charge in [-0.15, -0.1) is 0 Å². The Balaban J connectivity index is 1.85. The topological polar surface area (TPSA) is 55.3 Å². The van der Waals surface area contributed by atoms with E-state index in [0.717, 1.165) is 12.1 Å². The van der Waals surface area contributed by atoms with Gasteiger partial charge in [0, 0.05) is 5.56 Å². The second-order valence-electron chi connectivity index (χ2n) is 5.51. The van der Waals surface area contributed by atoms with E-state index in [4.69, 9.17) is 4.74 Å². The number of nitrogens with zero attached hydrogens (tertiary/aromatic N) is 3. The number of hydrogen-bond acceptors (Lipinski definition) is 4. The van der Waals surface area contributed by atoms with Crippen LogP contribution in [0.2, 0.25) is 0 Å². The molecule has 1 aliphatic heterocycles. The van der Waals surface area contributed by atoms with Gasteiger partial charge in [0.1, 0.15) is 11.9 Å². The predicted molar refractivity (Wildman–Crippen MR) is 78.7 cm³/mol. The molecule has 1 aromatic heterocycles. The zero-order chi connectivity index (χ0) is 17.3. The third-order valence-corrected chi connectivity index (χ3v) is 3.60. The SMILES string of the molecule is C[C@H]1CN(Cc2cncc(-c3ccc(F)c(C(F)F)c3)n2)C(=O)O1. The number of rotatable bonds is 4. The van der Waals surface area contributed by atoms with Crippen LogP contribution in [0.4, 0.5) is 18.0 Å². The van der Waals surface area contributed by atoms with E-state index < -0.39 is 23.9 Å². The molecule has 24 heavy (non-hydrogen) atoms. The predicted octanol–water partition coefficient (Wildman–Crippen LogP) is 3.56. The molecule has 0 saturated carbocycles. The van der Waals surface area contributed by atoms with Crippen LogP contribution in [0.5, 0.6) is 0 Å². The Morgan fingerprint density at radius 3 is 2.83 bits per heavy atom. The Kier molecular flexibility index (Phi) is 4.37. The summed E-state index contributed by atoms with van der Waals surface area (Å²) in [5.74, 6) is -0.966. The standard InChI is InChI=1S/C16H14F3N3O2/c1-9-7-22(16(23)24-9)8-11-5-20-6-14(21-11)10-2-3-13(17)12(4-10)15(18)19/h2-6,9,15H,7-8H2,1H3/t9-/m0/s1. The minimum Gasteiger partial charge on any atom is -0.444 e. The van der Waals surface area contributed by atoms with Gasteiger partial charge in [-0.2, -0.15) is 0 Å². The lowest BCUT2D eigenvalue weighted by atomic mass is 10.1. The molecule has 1 saturated heterocycles. The number of alkyl halides is 2. The quantitative estimate of drug-likeness (QED) is 0.856. The molecule has 1 amide bonds. The van der Waals surface area contributed by atoms with Crippen molar-refractivity contribution in [2.45, 2.75) is 26.0 Å². The number of amides is 1. The summed E-state index contributed by atoms with van der Waals surface area (Å²) in [5, 5.41) is 0. The Labute approximate surface area is 136 Å². The first kappa shape index (κ1) is 16.2. The van der Waals surface area contributed by atoms with E-state index in [0.29, 0.717) is 23.5 Å². The van der Waals surface area contributed by atoms with Crippen LogP contribution in [0.15, 0.2) is 30.6 Å². The number of aromatic nitrogens is 2. The summed E-state index contributed by atoms with van der Waals surface area (Å²) in [5.41, 5.74) is 0.464. The maximum Gasteiger partial charge on any atom is 0.410 e. The van der Waals surface area contributed by atoms with E-state index in [1.165, 1.54) is 23.4 Å². The fourth-order valence-corrected chi connectivity index (χ4v) is 2.49. The first-order valence-electron chi connectivity index (χ1n) is 7.28. The summed E-state index contributed by atoms with van der Waals surface area (Å²) in [7, 11) is 0. The molecule has 126 valence electrons. The molecule has 2 aromatic rings. The third kappa shape index (κ3) is 3.32. The minimum absolute atomic E-state index is 0.195. The maximum absolute atomic E-state index is 13.4. The fraction of sp³-hybridized carbons (Fsp3) is 0.312. The van der Waals surface area contributed by atoms with Gasteiger partial charge < -0.3 is 4.74 Å². The lowest BCUT2D eigenvalue weighted by Crippen LogP contribution is -2.24. The van der Waals surface area contributed by atoms with Crippen molar-refractivity contribution in [3.05, 3.63) is 47.7 Å². The summed E-state index contributed by atoms with van der Waals surface area (Å²) < 4.78 is 44.1. The van der Waals surface area contributed by atoms with Crippen LogP contribution in [0.1, 0.15) is 24.6 Å². The van der Waals surface area contributed by atoms with Gasteiger partial charge in [0.15, 0.2) is 0 Å². The molecule has 1 aliphatic rings. The minimum atomic E-state index is -2.91. The highest BCUT2D eigenvalue weighted by molar-refractivity contribution is 5.69. The van der Waals surface area contributed by atoms with E-state index in [1.54, 1.807) is 6.92 Å². The Morgan fingerprint density at radius 2 is 2.17 bits per heavy atom. The average molecular weight is 337 g/mol. The number of cyclic esters (lactones) is 1. The maximum atomic E-state index is 13.4. The first-order chi connectivity index (χ1) is 11.4. The Hall–Kier alpha value is -2.64. The van der Waals surface area contributed by atoms with Crippen molar-refractivity contribution < 1.29 is 22.7 Å². The first-order valence-corrected chi connectivity index (χ1v) is 7.28. The van der Waals surface area contributed by atoms with Crippen LogP contribution in [0.25, 0.3) is 11.3 Å². The van der Waals surface area contributed by atoms with Crippen LogP contribution in [0.3, 0.4) is 0 Å². The molecule has 0 unspecified atom stereocenters. The molecule has 5 nitrogen and oxygen atoms in total. The van der Waals surface area contributed by atoms with Crippen molar-refractivity contribution in [2.75, 3.05) is 6.54 Å². The summed E-state index contributed by atoms with van der Waals surface area (Å²) >= 11 is 0. The summed E-state index contributed by atoms with van der Waals surface area (Å²) in [6, 6.07) is 3.39. The highest BCUT2D eigenvalue weighted by Crippen LogP contribution is 2.27. The van der Waals surface area contributed by atoms with Crippen LogP contribution in [-0.4, -0.2) is 33.6 Å². The second kappa shape index (κ2) is 6.46. The molecule has 0 spiro atoms. The molecule has 0 aliphatic carbocycles. The van der Waals surface area contributed by atoms with E-state index in [-0.39, 0.29) is 12.6 Å². The molecule has 1 fully saturated rings. The zero-order valence-corrected chi connectivity index (χ0v) is 12.7. The monoisotopic (exact) mass is 337 g/mol. The molecular weight excluding hydrogens is 323 g/mol. The number of carbonyl (C=O) groups is 1. The number of ether oxygens (including phenoxy) is 1. The van der Waals surface area contributed by atoms with E-state index in [9.17, 15) is 18.0 Å². The zero-order valence-electron chi connectivity index (χ0n) is 12.7. The van der Waals surface area contributed by atoms with Gasteiger partial charge in [0.2, 0.25) is 0 Å². The largest absolute Gasteiger partial charge is 0.444 e. The van der Waals surface area contributed by atoms with Gasteiger partial charge in [0.05, 0.1) is 42.4 Å². The summed E-state index contributed by atoms with van der Waals surface area (Å²) in [6.07, 6.45) is -0.661. The Morgan fingerprint density at radius 1 is 1.38 bits per heavy atom. The fourth-order valence-electron chi connectivity index (χ4n) is 2.49. The van der Waals surface area contributed by atoms with E-state index in [1.807, 2.05) is 0 Å². The van der Waals surface area contributed by atoms with Crippen LogP contribution < -0.4 is 0 Å². The van der Waals surface area contributed by atoms with E-state index in [2.05, 4.69) is 9.97 Å². The molecule has 0 N–H and O–H groups in total. The number of halogens is 3. The molecule has 1 atom stereocenters. The van der Waals surface area contributed by atoms with Crippen molar-refractivity contribution >= 4 is 6.09 Å². The van der Waals surface area contributed by atoms with Gasteiger partial charge in [-0.1, -0.05) is 0 Å². The van der Waals surface area contributed by atoms with Crippen LogP contribution >= 0.6 is 0 Å². The third-order valence-electron chi connectivity index (χ3n) is 3.60. The van der Waals surface area contributed by atoms with Gasteiger partial charge in [-0.05, 0) is 25.1 Å². The Bertz CT molecular complexity index is 770. The van der Waals surface area contributed by atoms with E-state index >= 15 is 0 Å². The number of hydrogen-bond donors (Lipinski definition) is 0. The van der Waals surface area contributed by atoms with Crippen molar-refractivity contribution in [3.63, 3.8) is 0 Å². The number of carbonyl (C=O) groups excluding carboxylic acids is 1. The lowest BCUT2D eigenvalue weighted by molar-refractivity contribution is 0.137. The van der Waals surface area contributed by atoms with Crippen molar-refractivity contribution in [1.82, 2.24) is 14.9 Å². The molecule has 0 radical (unpaired) electrons. The average Bonchev–Trinajstić information content (AvgIpc) is 2.85. The highest BCUT2D eigenvalue weighted by Gasteiger charge is 2.28. The molecule has 0 bridgehead atoms. The van der Waals surface area contributed by atoms with Gasteiger partial charge >= 0.3 is 6.09 Å². The highest BCUT2D eigenvalue weighted by atomic mass is 19.3. The second-order valence-corrected chi connectivity index (χ2v) is 5.51. The lowest BCUT2D eigenvalue weighted by Gasteiger charge is -2.12. The van der Waals surface area contributed by atoms with Gasteiger partial charge in [-0.3, -0.25) is 9.88 Å². The van der Waals surface area contributed by atoms with Gasteiger partial charge in [-0.25, -0.2) is 22.9 Å². The van der Waals surface area contributed by atoms with Crippen molar-refractivity contribution in [3.8, 4) is 11.3 Å². The summed E-state index contributed by atoms with van der Waals surface area (Å²) in [4.78, 5) is 21.4. The molecule has 8 heteroatoms. The smallest absolute Gasteiger partial charge is 0.410 e. The van der Waals surface area contributed by atoms with Crippen molar-refractivity contribution in [1.29, 1.82) is 0 Å². The molecule has 3 rings (SSSR count). The van der Waals surface area contributed by atoms with Crippen molar-refractivity contribution in [2.24, 2.45) is 0 Å².